The van der Waals surface area contributed by atoms with Crippen LogP contribution in [0.5, 0.6) is 0 Å². The van der Waals surface area contributed by atoms with Crippen LogP contribution in [-0.4, -0.2) is 25.5 Å². The lowest BCUT2D eigenvalue weighted by molar-refractivity contribution is 0.146. The Morgan fingerprint density at radius 2 is 2.07 bits per heavy atom. The Labute approximate surface area is 97.1 Å². The molecule has 0 aliphatic heterocycles. The van der Waals surface area contributed by atoms with Gasteiger partial charge in [0.15, 0.2) is 0 Å². The molecule has 1 heterocycles. The number of nitrogens with zero attached hydrogens (tertiary/aromatic N) is 1. The van der Waals surface area contributed by atoms with Gasteiger partial charge < -0.3 is 10.6 Å². The van der Waals surface area contributed by atoms with Gasteiger partial charge in [-0.25, -0.2) is 0 Å². The molecular formula is C12H22N2S. The lowest BCUT2D eigenvalue weighted by Gasteiger charge is -2.38. The molecule has 0 saturated carbocycles. The Hall–Kier alpha value is -0.380. The molecule has 15 heavy (non-hydrogen) atoms. The van der Waals surface area contributed by atoms with E-state index < -0.39 is 0 Å². The van der Waals surface area contributed by atoms with Crippen molar-refractivity contribution in [3.05, 3.63) is 21.9 Å². The zero-order valence-electron chi connectivity index (χ0n) is 10.4. The zero-order chi connectivity index (χ0) is 11.6. The van der Waals surface area contributed by atoms with E-state index in [0.717, 1.165) is 0 Å². The van der Waals surface area contributed by atoms with Gasteiger partial charge in [0, 0.05) is 4.88 Å². The second-order valence-electron chi connectivity index (χ2n) is 5.03. The van der Waals surface area contributed by atoms with Crippen molar-refractivity contribution in [2.45, 2.75) is 26.8 Å². The summed E-state index contributed by atoms with van der Waals surface area (Å²) in [6.45, 7) is 7.34. The number of hydrogen-bond donors (Lipinski definition) is 1. The van der Waals surface area contributed by atoms with E-state index in [0.29, 0.717) is 12.6 Å². The normalized spacial score (nSPS) is 14.6. The molecule has 0 saturated heterocycles. The number of rotatable bonds is 4. The monoisotopic (exact) mass is 226 g/mol. The van der Waals surface area contributed by atoms with Crippen molar-refractivity contribution in [3.63, 3.8) is 0 Å². The average molecular weight is 226 g/mol. The highest BCUT2D eigenvalue weighted by Gasteiger charge is 2.32. The molecule has 0 fully saturated rings. The summed E-state index contributed by atoms with van der Waals surface area (Å²) in [7, 11) is 4.25. The Morgan fingerprint density at radius 1 is 1.47 bits per heavy atom. The lowest BCUT2D eigenvalue weighted by Crippen LogP contribution is -2.38. The molecule has 0 aliphatic rings. The molecule has 0 aliphatic carbocycles. The first-order valence-corrected chi connectivity index (χ1v) is 6.18. The minimum Gasteiger partial charge on any atom is -0.330 e. The highest BCUT2D eigenvalue weighted by atomic mass is 32.1. The van der Waals surface area contributed by atoms with Gasteiger partial charge in [-0.3, -0.25) is 0 Å². The van der Waals surface area contributed by atoms with Crippen molar-refractivity contribution in [1.82, 2.24) is 4.90 Å². The predicted octanol–water partition coefficient (Wildman–Crippen LogP) is 2.64. The second-order valence-corrected chi connectivity index (χ2v) is 5.97. The summed E-state index contributed by atoms with van der Waals surface area (Å²) in [5, 5.41) is 2.16. The fourth-order valence-electron chi connectivity index (χ4n) is 2.06. The molecular weight excluding hydrogens is 204 g/mol. The van der Waals surface area contributed by atoms with Gasteiger partial charge in [-0.15, -0.1) is 11.3 Å². The number of hydrogen-bond acceptors (Lipinski definition) is 3. The minimum absolute atomic E-state index is 0.110. The molecule has 86 valence electrons. The van der Waals surface area contributed by atoms with E-state index in [-0.39, 0.29) is 5.41 Å². The van der Waals surface area contributed by atoms with E-state index >= 15 is 0 Å². The van der Waals surface area contributed by atoms with Crippen LogP contribution in [0.3, 0.4) is 0 Å². The van der Waals surface area contributed by atoms with Crippen LogP contribution in [0.4, 0.5) is 0 Å². The smallest absolute Gasteiger partial charge is 0.0501 e. The van der Waals surface area contributed by atoms with E-state index in [2.05, 4.69) is 51.2 Å². The molecule has 2 nitrogen and oxygen atoms in total. The molecule has 1 aromatic rings. The van der Waals surface area contributed by atoms with Crippen molar-refractivity contribution >= 4 is 11.3 Å². The predicted molar refractivity (Wildman–Crippen MR) is 68.3 cm³/mol. The van der Waals surface area contributed by atoms with Crippen molar-refractivity contribution in [3.8, 4) is 0 Å². The van der Waals surface area contributed by atoms with Crippen LogP contribution in [-0.2, 0) is 0 Å². The van der Waals surface area contributed by atoms with E-state index in [9.17, 15) is 0 Å². The molecule has 0 aromatic carbocycles. The summed E-state index contributed by atoms with van der Waals surface area (Å²) < 4.78 is 0. The minimum atomic E-state index is 0.110. The van der Waals surface area contributed by atoms with Gasteiger partial charge in [0.1, 0.15) is 0 Å². The molecule has 0 amide bonds. The van der Waals surface area contributed by atoms with E-state index in [1.165, 1.54) is 10.4 Å². The molecule has 1 rings (SSSR count). The summed E-state index contributed by atoms with van der Waals surface area (Å²) in [5.41, 5.74) is 7.36. The van der Waals surface area contributed by atoms with Gasteiger partial charge in [-0.2, -0.15) is 0 Å². The number of thiophene rings is 1. The molecule has 1 unspecified atom stereocenters. The SMILES string of the molecule is Cc1ccsc1C(N(C)C)C(C)(C)CN. The third kappa shape index (κ3) is 2.60. The van der Waals surface area contributed by atoms with Crippen molar-refractivity contribution in [1.29, 1.82) is 0 Å². The molecule has 2 N–H and O–H groups in total. The van der Waals surface area contributed by atoms with Crippen molar-refractivity contribution in [2.24, 2.45) is 11.1 Å². The van der Waals surface area contributed by atoms with Crippen LogP contribution in [0, 0.1) is 12.3 Å². The Balaban J connectivity index is 3.10. The quantitative estimate of drug-likeness (QED) is 0.855. The van der Waals surface area contributed by atoms with Gasteiger partial charge in [0.25, 0.3) is 0 Å². The third-order valence-electron chi connectivity index (χ3n) is 2.93. The maximum absolute atomic E-state index is 5.88. The van der Waals surface area contributed by atoms with Crippen LogP contribution in [0.15, 0.2) is 11.4 Å². The molecule has 0 spiro atoms. The molecule has 1 atom stereocenters. The van der Waals surface area contributed by atoms with Gasteiger partial charge in [0.2, 0.25) is 0 Å². The van der Waals surface area contributed by atoms with Crippen molar-refractivity contribution < 1.29 is 0 Å². The van der Waals surface area contributed by atoms with E-state index in [1.54, 1.807) is 0 Å². The molecule has 1 aromatic heterocycles. The zero-order valence-corrected chi connectivity index (χ0v) is 11.2. The highest BCUT2D eigenvalue weighted by Crippen LogP contribution is 2.39. The van der Waals surface area contributed by atoms with Gasteiger partial charge in [0.05, 0.1) is 6.04 Å². The standard InChI is InChI=1S/C12H22N2S/c1-9-6-7-15-10(9)11(14(4)5)12(2,3)8-13/h6-7,11H,8,13H2,1-5H3. The Kier molecular flexibility index (Phi) is 3.93. The maximum atomic E-state index is 5.88. The first-order valence-electron chi connectivity index (χ1n) is 5.30. The van der Waals surface area contributed by atoms with E-state index in [4.69, 9.17) is 5.73 Å². The van der Waals surface area contributed by atoms with Crippen LogP contribution in [0.25, 0.3) is 0 Å². The lowest BCUT2D eigenvalue weighted by atomic mass is 9.82. The van der Waals surface area contributed by atoms with Crippen molar-refractivity contribution in [2.75, 3.05) is 20.6 Å². The number of nitrogens with two attached hydrogens (primary N) is 1. The van der Waals surface area contributed by atoms with Crippen LogP contribution < -0.4 is 5.73 Å². The second kappa shape index (κ2) is 4.64. The van der Waals surface area contributed by atoms with Crippen LogP contribution in [0.2, 0.25) is 0 Å². The molecule has 0 bridgehead atoms. The summed E-state index contributed by atoms with van der Waals surface area (Å²) in [4.78, 5) is 3.71. The summed E-state index contributed by atoms with van der Waals surface area (Å²) in [6.07, 6.45) is 0. The van der Waals surface area contributed by atoms with Gasteiger partial charge in [-0.1, -0.05) is 13.8 Å². The van der Waals surface area contributed by atoms with Crippen LogP contribution in [0.1, 0.15) is 30.3 Å². The summed E-state index contributed by atoms with van der Waals surface area (Å²) in [5.74, 6) is 0. The van der Waals surface area contributed by atoms with E-state index in [1.807, 2.05) is 11.3 Å². The molecule has 3 heteroatoms. The van der Waals surface area contributed by atoms with Crippen LogP contribution >= 0.6 is 11.3 Å². The third-order valence-corrected chi connectivity index (χ3v) is 4.00. The Morgan fingerprint density at radius 3 is 2.40 bits per heavy atom. The Bertz CT molecular complexity index is 315. The topological polar surface area (TPSA) is 29.3 Å². The average Bonchev–Trinajstić information content (AvgIpc) is 2.51. The highest BCUT2D eigenvalue weighted by molar-refractivity contribution is 7.10. The summed E-state index contributed by atoms with van der Waals surface area (Å²) >= 11 is 1.83. The molecule has 0 radical (unpaired) electrons. The fourth-order valence-corrected chi connectivity index (χ4v) is 3.40. The van der Waals surface area contributed by atoms with Gasteiger partial charge >= 0.3 is 0 Å². The summed E-state index contributed by atoms with van der Waals surface area (Å²) in [6, 6.07) is 2.59. The maximum Gasteiger partial charge on any atom is 0.0501 e. The largest absolute Gasteiger partial charge is 0.330 e. The first kappa shape index (κ1) is 12.7. The fraction of sp³-hybridized carbons (Fsp3) is 0.667. The van der Waals surface area contributed by atoms with Gasteiger partial charge in [-0.05, 0) is 50.0 Å². The number of aryl methyl sites for hydroxylation is 1. The first-order chi connectivity index (χ1) is 6.90.